The highest BCUT2D eigenvalue weighted by Crippen LogP contribution is 2.04. The number of halogens is 1. The second-order valence-electron chi connectivity index (χ2n) is 2.50. The molecule has 0 aromatic heterocycles. The Kier molecular flexibility index (Phi) is 7.76. The van der Waals surface area contributed by atoms with Gasteiger partial charge in [-0.15, -0.1) is 11.6 Å². The highest BCUT2D eigenvalue weighted by molar-refractivity contribution is 7.10. The summed E-state index contributed by atoms with van der Waals surface area (Å²) in [5.41, 5.74) is 7.97. The molecule has 1 radical (unpaired) electrons. The normalized spacial score (nSPS) is 13.6. The summed E-state index contributed by atoms with van der Waals surface area (Å²) in [6.45, 7) is 0. The van der Waals surface area contributed by atoms with Crippen LogP contribution >= 0.6 is 21.1 Å². The monoisotopic (exact) mass is 239 g/mol. The third-order valence-corrected chi connectivity index (χ3v) is 2.04. The Labute approximate surface area is 90.2 Å². The molecule has 2 atom stereocenters. The number of oxime groups is 1. The molecule has 0 heterocycles. The molecular formula is C7H13ClN2O3P. The standard InChI is InChI=1S/C7H13ClN2O3P/c1-12-10-5(4-8)2-3-6(9)7(11)13-14/h6,9H,2-4,14H2,1H3/b10-5+/t6-/m0/s1. The van der Waals surface area contributed by atoms with Gasteiger partial charge in [0.1, 0.15) is 13.2 Å². The molecule has 0 fully saturated rings. The Balaban J connectivity index is 3.91. The SMILES string of the molecule is CO/N=C(/CCl)CC[C@H]([NH])C(=O)OP. The van der Waals surface area contributed by atoms with Gasteiger partial charge in [-0.2, -0.15) is 0 Å². The fraction of sp³-hybridized carbons (Fsp3) is 0.714. The van der Waals surface area contributed by atoms with Crippen LogP contribution in [-0.4, -0.2) is 30.7 Å². The molecule has 0 aliphatic rings. The van der Waals surface area contributed by atoms with Crippen molar-refractivity contribution in [3.8, 4) is 0 Å². The highest BCUT2D eigenvalue weighted by atomic mass is 35.5. The van der Waals surface area contributed by atoms with Gasteiger partial charge >= 0.3 is 5.97 Å². The van der Waals surface area contributed by atoms with Gasteiger partial charge in [0.25, 0.3) is 0 Å². The molecule has 0 aromatic carbocycles. The zero-order valence-electron chi connectivity index (χ0n) is 7.83. The molecule has 0 bridgehead atoms. The quantitative estimate of drug-likeness (QED) is 0.300. The Bertz CT molecular complexity index is 213. The molecule has 0 spiro atoms. The van der Waals surface area contributed by atoms with Gasteiger partial charge in [0, 0.05) is 0 Å². The van der Waals surface area contributed by atoms with E-state index in [1.165, 1.54) is 7.11 Å². The molecule has 0 saturated heterocycles. The average molecular weight is 240 g/mol. The summed E-state index contributed by atoms with van der Waals surface area (Å²) in [5, 5.41) is 3.64. The van der Waals surface area contributed by atoms with Crippen molar-refractivity contribution < 1.29 is 14.2 Å². The van der Waals surface area contributed by atoms with Crippen molar-refractivity contribution in [1.29, 1.82) is 0 Å². The van der Waals surface area contributed by atoms with Gasteiger partial charge in [-0.3, -0.25) is 4.79 Å². The smallest absolute Gasteiger partial charge is 0.326 e. The number of nitrogens with zero attached hydrogens (tertiary/aromatic N) is 1. The van der Waals surface area contributed by atoms with Crippen LogP contribution in [0.2, 0.25) is 0 Å². The number of hydrogen-bond donors (Lipinski definition) is 0. The van der Waals surface area contributed by atoms with Crippen LogP contribution in [0, 0.1) is 0 Å². The van der Waals surface area contributed by atoms with Gasteiger partial charge in [-0.05, 0) is 12.8 Å². The molecule has 7 heteroatoms. The fourth-order valence-corrected chi connectivity index (χ4v) is 1.12. The van der Waals surface area contributed by atoms with E-state index in [-0.39, 0.29) is 5.88 Å². The van der Waals surface area contributed by atoms with Gasteiger partial charge in [0.2, 0.25) is 0 Å². The van der Waals surface area contributed by atoms with Crippen LogP contribution in [0.15, 0.2) is 5.16 Å². The van der Waals surface area contributed by atoms with Crippen molar-refractivity contribution in [1.82, 2.24) is 5.73 Å². The van der Waals surface area contributed by atoms with Crippen LogP contribution in [0.3, 0.4) is 0 Å². The largest absolute Gasteiger partial charge is 0.450 e. The predicted molar refractivity (Wildman–Crippen MR) is 57.1 cm³/mol. The topological polar surface area (TPSA) is 71.7 Å². The van der Waals surface area contributed by atoms with Crippen LogP contribution in [-0.2, 0) is 14.2 Å². The number of alkyl halides is 1. The second kappa shape index (κ2) is 7.97. The van der Waals surface area contributed by atoms with Crippen molar-refractivity contribution in [3.63, 3.8) is 0 Å². The fourth-order valence-electron chi connectivity index (χ4n) is 0.777. The van der Waals surface area contributed by atoms with E-state index in [0.717, 1.165) is 0 Å². The Morgan fingerprint density at radius 2 is 2.36 bits per heavy atom. The first-order chi connectivity index (χ1) is 6.65. The summed E-state index contributed by atoms with van der Waals surface area (Å²) in [5.74, 6) is -0.349. The number of carbonyl (C=O) groups excluding carboxylic acids is 1. The van der Waals surface area contributed by atoms with Crippen molar-refractivity contribution >= 4 is 32.7 Å². The van der Waals surface area contributed by atoms with E-state index in [1.54, 1.807) is 0 Å². The lowest BCUT2D eigenvalue weighted by Crippen LogP contribution is -2.23. The number of carbonyl (C=O) groups is 1. The Hall–Kier alpha value is -0.380. The predicted octanol–water partition coefficient (Wildman–Crippen LogP) is 0.993. The minimum absolute atomic E-state index is 0.233. The first-order valence-electron chi connectivity index (χ1n) is 3.92. The maximum Gasteiger partial charge on any atom is 0.326 e. The van der Waals surface area contributed by atoms with E-state index in [0.29, 0.717) is 18.6 Å². The lowest BCUT2D eigenvalue weighted by molar-refractivity contribution is -0.134. The molecule has 1 N–H and O–H groups in total. The van der Waals surface area contributed by atoms with Gasteiger partial charge < -0.3 is 9.36 Å². The number of rotatable bonds is 6. The molecule has 5 nitrogen and oxygen atoms in total. The molecule has 0 saturated carbocycles. The van der Waals surface area contributed by atoms with Crippen LogP contribution < -0.4 is 5.73 Å². The summed E-state index contributed by atoms with van der Waals surface area (Å²) in [4.78, 5) is 15.4. The summed E-state index contributed by atoms with van der Waals surface area (Å²) < 4.78 is 4.32. The van der Waals surface area contributed by atoms with Crippen molar-refractivity contribution in [2.45, 2.75) is 18.9 Å². The van der Waals surface area contributed by atoms with Crippen LogP contribution in [0.4, 0.5) is 0 Å². The van der Waals surface area contributed by atoms with Gasteiger partial charge in [0.05, 0.1) is 21.1 Å². The van der Waals surface area contributed by atoms with E-state index in [1.807, 2.05) is 9.47 Å². The van der Waals surface area contributed by atoms with Gasteiger partial charge in [-0.1, -0.05) is 5.16 Å². The van der Waals surface area contributed by atoms with Crippen LogP contribution in [0.1, 0.15) is 12.8 Å². The van der Waals surface area contributed by atoms with Crippen LogP contribution in [0.5, 0.6) is 0 Å². The summed E-state index contributed by atoms with van der Waals surface area (Å²) >= 11 is 5.55. The molecule has 0 aromatic rings. The molecule has 0 amide bonds. The maximum atomic E-state index is 10.8. The molecule has 1 unspecified atom stereocenters. The van der Waals surface area contributed by atoms with E-state index >= 15 is 0 Å². The molecule has 0 aliphatic carbocycles. The molecule has 0 rings (SSSR count). The Morgan fingerprint density at radius 3 is 2.79 bits per heavy atom. The first-order valence-corrected chi connectivity index (χ1v) is 4.92. The average Bonchev–Trinajstić information content (AvgIpc) is 2.22. The van der Waals surface area contributed by atoms with Crippen LogP contribution in [0.25, 0.3) is 0 Å². The zero-order valence-corrected chi connectivity index (χ0v) is 9.74. The molecule has 81 valence electrons. The highest BCUT2D eigenvalue weighted by Gasteiger charge is 2.15. The summed E-state index contributed by atoms with van der Waals surface area (Å²) in [6, 6.07) is -0.905. The van der Waals surface area contributed by atoms with Crippen molar-refractivity contribution in [2.24, 2.45) is 5.16 Å². The molecule has 14 heavy (non-hydrogen) atoms. The molecule has 0 aliphatic heterocycles. The lowest BCUT2D eigenvalue weighted by Gasteiger charge is -2.07. The third-order valence-electron chi connectivity index (χ3n) is 1.50. The Morgan fingerprint density at radius 1 is 1.71 bits per heavy atom. The van der Waals surface area contributed by atoms with Gasteiger partial charge in [0.15, 0.2) is 0 Å². The maximum absolute atomic E-state index is 10.8. The zero-order chi connectivity index (χ0) is 11.0. The molecular weight excluding hydrogens is 227 g/mol. The second-order valence-corrected chi connectivity index (χ2v) is 3.00. The summed E-state index contributed by atoms with van der Waals surface area (Å²) in [7, 11) is 3.24. The lowest BCUT2D eigenvalue weighted by atomic mass is 10.1. The van der Waals surface area contributed by atoms with Gasteiger partial charge in [-0.25, -0.2) is 5.73 Å². The number of nitrogens with one attached hydrogen (secondary N) is 1. The van der Waals surface area contributed by atoms with E-state index < -0.39 is 12.0 Å². The van der Waals surface area contributed by atoms with E-state index in [9.17, 15) is 4.79 Å². The van der Waals surface area contributed by atoms with Crippen molar-refractivity contribution in [2.75, 3.05) is 13.0 Å². The summed E-state index contributed by atoms with van der Waals surface area (Å²) in [6.07, 6.45) is 0.771. The van der Waals surface area contributed by atoms with Crippen molar-refractivity contribution in [3.05, 3.63) is 0 Å². The van der Waals surface area contributed by atoms with E-state index in [2.05, 4.69) is 14.5 Å². The minimum Gasteiger partial charge on any atom is -0.450 e. The first kappa shape index (κ1) is 13.6. The number of hydrogen-bond acceptors (Lipinski definition) is 4. The van der Waals surface area contributed by atoms with E-state index in [4.69, 9.17) is 17.3 Å². The third kappa shape index (κ3) is 5.37. The minimum atomic E-state index is -0.905.